The van der Waals surface area contributed by atoms with Crippen LogP contribution in [0.1, 0.15) is 39.4 Å². The van der Waals surface area contributed by atoms with E-state index in [1.54, 1.807) is 0 Å². The van der Waals surface area contributed by atoms with E-state index >= 15 is 0 Å². The lowest BCUT2D eigenvalue weighted by atomic mass is 10.0. The molecule has 0 spiro atoms. The monoisotopic (exact) mass is 335 g/mol. The highest BCUT2D eigenvalue weighted by atomic mass is 16.5. The molecule has 0 unspecified atom stereocenters. The first-order valence-corrected chi connectivity index (χ1v) is 8.29. The summed E-state index contributed by atoms with van der Waals surface area (Å²) in [5.41, 5.74) is 10.5. The van der Waals surface area contributed by atoms with E-state index in [9.17, 15) is 4.79 Å². The maximum absolute atomic E-state index is 12.3. The second-order valence-corrected chi connectivity index (χ2v) is 6.13. The van der Waals surface area contributed by atoms with Crippen LogP contribution in [0.5, 0.6) is 0 Å². The van der Waals surface area contributed by atoms with Gasteiger partial charge in [0.1, 0.15) is 0 Å². The summed E-state index contributed by atoms with van der Waals surface area (Å²) in [5.74, 6) is 1.07. The Morgan fingerprint density at radius 2 is 1.84 bits per heavy atom. The van der Waals surface area contributed by atoms with Crippen molar-refractivity contribution in [3.8, 4) is 11.4 Å². The quantitative estimate of drug-likeness (QED) is 0.696. The topological polar surface area (TPSA) is 82.0 Å². The molecule has 0 saturated heterocycles. The molecule has 0 bridgehead atoms. The van der Waals surface area contributed by atoms with Crippen LogP contribution in [0.2, 0.25) is 0 Å². The lowest BCUT2D eigenvalue weighted by Gasteiger charge is -2.03. The van der Waals surface area contributed by atoms with Crippen molar-refractivity contribution in [3.63, 3.8) is 0 Å². The van der Waals surface area contributed by atoms with Gasteiger partial charge in [0.05, 0.1) is 0 Å². The third-order valence-electron chi connectivity index (χ3n) is 4.31. The highest BCUT2D eigenvalue weighted by molar-refractivity contribution is 5.96. The third kappa shape index (κ3) is 4.00. The van der Waals surface area contributed by atoms with Gasteiger partial charge in [-0.25, -0.2) is 0 Å². The fraction of sp³-hybridized carbons (Fsp3) is 0.250. The molecule has 2 aromatic carbocycles. The molecular weight excluding hydrogens is 314 g/mol. The standard InChI is InChI=1S/C20H21N3O2/c1-13-3-6-17(11-14(13)2)18(24)9-10-19-22-20(23-25-19)16-7-4-15(12-21)5-8-16/h3-8,11H,9-10,12,21H2,1-2H3. The Bertz CT molecular complexity index is 882. The van der Waals surface area contributed by atoms with Crippen molar-refractivity contribution in [2.45, 2.75) is 33.2 Å². The zero-order chi connectivity index (χ0) is 17.8. The third-order valence-corrected chi connectivity index (χ3v) is 4.31. The number of nitrogens with two attached hydrogens (primary N) is 1. The number of benzene rings is 2. The smallest absolute Gasteiger partial charge is 0.227 e. The lowest BCUT2D eigenvalue weighted by molar-refractivity contribution is 0.0979. The van der Waals surface area contributed by atoms with Gasteiger partial charge in [-0.3, -0.25) is 4.79 Å². The summed E-state index contributed by atoms with van der Waals surface area (Å²) in [5, 5.41) is 3.99. The summed E-state index contributed by atoms with van der Waals surface area (Å²) >= 11 is 0. The van der Waals surface area contributed by atoms with Crippen molar-refractivity contribution in [2.75, 3.05) is 0 Å². The number of hydrogen-bond acceptors (Lipinski definition) is 5. The number of nitrogens with zero attached hydrogens (tertiary/aromatic N) is 2. The summed E-state index contributed by atoms with van der Waals surface area (Å²) in [6.07, 6.45) is 0.774. The van der Waals surface area contributed by atoms with Crippen molar-refractivity contribution in [2.24, 2.45) is 5.73 Å². The molecule has 0 aliphatic heterocycles. The Hall–Kier alpha value is -2.79. The molecule has 1 heterocycles. The molecule has 0 amide bonds. The number of Topliss-reactive ketones (excluding diaryl/α,β-unsaturated/α-hetero) is 1. The SMILES string of the molecule is Cc1ccc(C(=O)CCc2nc(-c3ccc(CN)cc3)no2)cc1C. The predicted molar refractivity (Wildman–Crippen MR) is 96.2 cm³/mol. The molecule has 5 nitrogen and oxygen atoms in total. The maximum atomic E-state index is 12.3. The number of carbonyl (C=O) groups excluding carboxylic acids is 1. The van der Waals surface area contributed by atoms with Crippen molar-refractivity contribution >= 4 is 5.78 Å². The van der Waals surface area contributed by atoms with Gasteiger partial charge in [0.25, 0.3) is 0 Å². The van der Waals surface area contributed by atoms with E-state index in [4.69, 9.17) is 10.3 Å². The Balaban J connectivity index is 1.64. The fourth-order valence-electron chi connectivity index (χ4n) is 2.54. The highest BCUT2D eigenvalue weighted by Gasteiger charge is 2.12. The molecule has 128 valence electrons. The Labute approximate surface area is 146 Å². The minimum absolute atomic E-state index is 0.0788. The van der Waals surface area contributed by atoms with Crippen LogP contribution in [0.4, 0.5) is 0 Å². The van der Waals surface area contributed by atoms with Crippen LogP contribution < -0.4 is 5.73 Å². The van der Waals surface area contributed by atoms with Gasteiger partial charge in [0.15, 0.2) is 5.78 Å². The lowest BCUT2D eigenvalue weighted by Crippen LogP contribution is -2.02. The van der Waals surface area contributed by atoms with Gasteiger partial charge in [-0.15, -0.1) is 0 Å². The Morgan fingerprint density at radius 3 is 2.52 bits per heavy atom. The Morgan fingerprint density at radius 1 is 1.08 bits per heavy atom. The van der Waals surface area contributed by atoms with Crippen molar-refractivity contribution < 1.29 is 9.32 Å². The van der Waals surface area contributed by atoms with Gasteiger partial charge in [-0.2, -0.15) is 4.98 Å². The first-order valence-electron chi connectivity index (χ1n) is 8.29. The molecule has 0 aliphatic rings. The van der Waals surface area contributed by atoms with Crippen LogP contribution in [-0.4, -0.2) is 15.9 Å². The van der Waals surface area contributed by atoms with E-state index in [0.717, 1.165) is 22.3 Å². The minimum Gasteiger partial charge on any atom is -0.339 e. The van der Waals surface area contributed by atoms with Gasteiger partial charge in [-0.1, -0.05) is 41.6 Å². The van der Waals surface area contributed by atoms with Crippen LogP contribution in [-0.2, 0) is 13.0 Å². The zero-order valence-electron chi connectivity index (χ0n) is 14.5. The molecule has 0 aliphatic carbocycles. The molecule has 3 aromatic rings. The number of rotatable bonds is 6. The molecule has 0 radical (unpaired) electrons. The van der Waals surface area contributed by atoms with Gasteiger partial charge in [-0.05, 0) is 36.6 Å². The number of carbonyl (C=O) groups is 1. The van der Waals surface area contributed by atoms with E-state index in [1.165, 1.54) is 5.56 Å². The van der Waals surface area contributed by atoms with Crippen molar-refractivity contribution in [1.29, 1.82) is 0 Å². The molecule has 0 atom stereocenters. The Kier molecular flexibility index (Phi) is 5.05. The first-order chi connectivity index (χ1) is 12.1. The molecule has 2 N–H and O–H groups in total. The van der Waals surface area contributed by atoms with Crippen LogP contribution in [0.3, 0.4) is 0 Å². The molecular formula is C20H21N3O2. The second-order valence-electron chi connectivity index (χ2n) is 6.13. The predicted octanol–water partition coefficient (Wildman–Crippen LogP) is 3.63. The number of hydrogen-bond donors (Lipinski definition) is 1. The maximum Gasteiger partial charge on any atom is 0.227 e. The van der Waals surface area contributed by atoms with Crippen LogP contribution >= 0.6 is 0 Å². The number of aryl methyl sites for hydroxylation is 3. The second kappa shape index (κ2) is 7.40. The van der Waals surface area contributed by atoms with Gasteiger partial charge < -0.3 is 10.3 Å². The molecule has 3 rings (SSSR count). The van der Waals surface area contributed by atoms with Gasteiger partial charge in [0, 0.05) is 30.5 Å². The fourth-order valence-corrected chi connectivity index (χ4v) is 2.54. The summed E-state index contributed by atoms with van der Waals surface area (Å²) in [7, 11) is 0. The summed E-state index contributed by atoms with van der Waals surface area (Å²) in [6.45, 7) is 4.54. The molecule has 0 saturated carbocycles. The molecule has 25 heavy (non-hydrogen) atoms. The van der Waals surface area contributed by atoms with Crippen molar-refractivity contribution in [1.82, 2.24) is 10.1 Å². The van der Waals surface area contributed by atoms with Gasteiger partial charge in [0.2, 0.25) is 11.7 Å². The summed E-state index contributed by atoms with van der Waals surface area (Å²) in [4.78, 5) is 16.7. The van der Waals surface area contributed by atoms with Crippen LogP contribution in [0, 0.1) is 13.8 Å². The van der Waals surface area contributed by atoms with E-state index < -0.39 is 0 Å². The highest BCUT2D eigenvalue weighted by Crippen LogP contribution is 2.18. The van der Waals surface area contributed by atoms with Crippen molar-refractivity contribution in [3.05, 3.63) is 70.6 Å². The normalized spacial score (nSPS) is 10.8. The van der Waals surface area contributed by atoms with E-state index in [0.29, 0.717) is 31.1 Å². The van der Waals surface area contributed by atoms with E-state index in [2.05, 4.69) is 10.1 Å². The molecule has 0 fully saturated rings. The molecule has 5 heteroatoms. The first kappa shape index (κ1) is 17.0. The summed E-state index contributed by atoms with van der Waals surface area (Å²) < 4.78 is 5.27. The molecule has 1 aromatic heterocycles. The van der Waals surface area contributed by atoms with E-state index in [-0.39, 0.29) is 5.78 Å². The van der Waals surface area contributed by atoms with Gasteiger partial charge >= 0.3 is 0 Å². The zero-order valence-corrected chi connectivity index (χ0v) is 14.5. The average Bonchev–Trinajstić information content (AvgIpc) is 3.11. The van der Waals surface area contributed by atoms with Crippen LogP contribution in [0.15, 0.2) is 47.0 Å². The average molecular weight is 335 g/mol. The number of ketones is 1. The number of aromatic nitrogens is 2. The largest absolute Gasteiger partial charge is 0.339 e. The van der Waals surface area contributed by atoms with Crippen LogP contribution in [0.25, 0.3) is 11.4 Å². The minimum atomic E-state index is 0.0788. The summed E-state index contributed by atoms with van der Waals surface area (Å²) in [6, 6.07) is 13.5. The van der Waals surface area contributed by atoms with E-state index in [1.807, 2.05) is 56.3 Å².